The number of hydrogen-bond donors (Lipinski definition) is 1. The second-order valence-electron chi connectivity index (χ2n) is 6.35. The van der Waals surface area contributed by atoms with Crippen LogP contribution in [0, 0.1) is 11.8 Å². The summed E-state index contributed by atoms with van der Waals surface area (Å²) in [5, 5.41) is 4.61. The van der Waals surface area contributed by atoms with Crippen LogP contribution in [0.5, 0.6) is 0 Å². The van der Waals surface area contributed by atoms with Crippen LogP contribution in [0.4, 0.5) is 0 Å². The maximum Gasteiger partial charge on any atom is 0.169 e. The Balaban J connectivity index is 1.73. The van der Waals surface area contributed by atoms with E-state index in [-0.39, 0.29) is 0 Å². The molecule has 2 fully saturated rings. The van der Waals surface area contributed by atoms with Crippen LogP contribution in [-0.2, 0) is 0 Å². The van der Waals surface area contributed by atoms with Crippen molar-refractivity contribution in [1.29, 1.82) is 0 Å². The van der Waals surface area contributed by atoms with Crippen LogP contribution < -0.4 is 5.32 Å². The molecule has 0 atom stereocenters. The number of piperidine rings is 1. The fraction of sp³-hybridized carbons (Fsp3) is 0.933. The van der Waals surface area contributed by atoms with Gasteiger partial charge in [0.25, 0.3) is 0 Å². The molecule has 2 aliphatic rings. The lowest BCUT2D eigenvalue weighted by molar-refractivity contribution is 0.216. The van der Waals surface area contributed by atoms with Gasteiger partial charge in [0.1, 0.15) is 0 Å². The maximum atomic E-state index is 5.57. The third-order valence-corrected chi connectivity index (χ3v) is 5.08. The van der Waals surface area contributed by atoms with Crippen LogP contribution in [0.25, 0.3) is 0 Å². The zero-order valence-electron chi connectivity index (χ0n) is 12.0. The van der Waals surface area contributed by atoms with Crippen LogP contribution in [0.15, 0.2) is 0 Å². The van der Waals surface area contributed by atoms with Gasteiger partial charge in [-0.3, -0.25) is 0 Å². The molecule has 0 radical (unpaired) electrons. The van der Waals surface area contributed by atoms with Crippen molar-refractivity contribution < 1.29 is 0 Å². The molecule has 2 rings (SSSR count). The molecular weight excluding hydrogens is 240 g/mol. The predicted octanol–water partition coefficient (Wildman–Crippen LogP) is 3.56. The second kappa shape index (κ2) is 6.74. The molecule has 3 heteroatoms. The minimum absolute atomic E-state index is 0.647. The zero-order valence-corrected chi connectivity index (χ0v) is 12.8. The van der Waals surface area contributed by atoms with Gasteiger partial charge >= 0.3 is 0 Å². The summed E-state index contributed by atoms with van der Waals surface area (Å²) in [4.78, 5) is 2.39. The van der Waals surface area contributed by atoms with Crippen molar-refractivity contribution in [3.63, 3.8) is 0 Å². The van der Waals surface area contributed by atoms with Crippen molar-refractivity contribution in [3.05, 3.63) is 0 Å². The molecule has 1 heterocycles. The molecule has 1 aliphatic carbocycles. The molecule has 18 heavy (non-hydrogen) atoms. The first kappa shape index (κ1) is 14.1. The monoisotopic (exact) mass is 268 g/mol. The lowest BCUT2D eigenvalue weighted by atomic mass is 9.87. The highest BCUT2D eigenvalue weighted by molar-refractivity contribution is 7.80. The molecule has 0 aromatic heterocycles. The number of hydrogen-bond acceptors (Lipinski definition) is 1. The summed E-state index contributed by atoms with van der Waals surface area (Å²) in [5.74, 6) is 1.73. The van der Waals surface area contributed by atoms with Gasteiger partial charge < -0.3 is 10.2 Å². The molecule has 1 saturated carbocycles. The van der Waals surface area contributed by atoms with Crippen molar-refractivity contribution in [2.45, 2.75) is 64.8 Å². The molecule has 0 unspecified atom stereocenters. The SMILES string of the molecule is CC(C)C1CCN(C(=S)NC2CCCCC2)CC1. The van der Waals surface area contributed by atoms with Gasteiger partial charge in [-0.1, -0.05) is 33.1 Å². The van der Waals surface area contributed by atoms with Crippen LogP contribution >= 0.6 is 12.2 Å². The Kier molecular flexibility index (Phi) is 5.28. The summed E-state index contributed by atoms with van der Waals surface area (Å²) in [5.41, 5.74) is 0. The van der Waals surface area contributed by atoms with E-state index in [0.29, 0.717) is 6.04 Å². The van der Waals surface area contributed by atoms with Crippen molar-refractivity contribution in [1.82, 2.24) is 10.2 Å². The van der Waals surface area contributed by atoms with E-state index in [2.05, 4.69) is 24.1 Å². The summed E-state index contributed by atoms with van der Waals surface area (Å²) >= 11 is 5.57. The maximum absolute atomic E-state index is 5.57. The first-order valence-electron chi connectivity index (χ1n) is 7.72. The molecule has 0 bridgehead atoms. The first-order chi connectivity index (χ1) is 8.66. The number of nitrogens with zero attached hydrogens (tertiary/aromatic N) is 1. The third-order valence-electron chi connectivity index (χ3n) is 4.70. The number of thiocarbonyl (C=S) groups is 1. The number of nitrogens with one attached hydrogen (secondary N) is 1. The van der Waals surface area contributed by atoms with Crippen molar-refractivity contribution in [2.24, 2.45) is 11.8 Å². The topological polar surface area (TPSA) is 15.3 Å². The highest BCUT2D eigenvalue weighted by Crippen LogP contribution is 2.25. The molecule has 0 aromatic rings. The van der Waals surface area contributed by atoms with E-state index >= 15 is 0 Å². The minimum atomic E-state index is 0.647. The van der Waals surface area contributed by atoms with Gasteiger partial charge in [0, 0.05) is 19.1 Å². The highest BCUT2D eigenvalue weighted by atomic mass is 32.1. The molecule has 104 valence electrons. The Hall–Kier alpha value is -0.310. The van der Waals surface area contributed by atoms with Gasteiger partial charge in [-0.2, -0.15) is 0 Å². The van der Waals surface area contributed by atoms with Crippen LogP contribution in [0.3, 0.4) is 0 Å². The van der Waals surface area contributed by atoms with E-state index < -0.39 is 0 Å². The lowest BCUT2D eigenvalue weighted by Gasteiger charge is -2.37. The standard InChI is InChI=1S/C15H28N2S/c1-12(2)13-8-10-17(11-9-13)15(18)16-14-6-4-3-5-7-14/h12-14H,3-11H2,1-2H3,(H,16,18). The minimum Gasteiger partial charge on any atom is -0.360 e. The van der Waals surface area contributed by atoms with Gasteiger partial charge in [0.05, 0.1) is 0 Å². The average Bonchev–Trinajstić information content (AvgIpc) is 2.40. The molecule has 1 N–H and O–H groups in total. The van der Waals surface area contributed by atoms with Crippen molar-refractivity contribution in [2.75, 3.05) is 13.1 Å². The van der Waals surface area contributed by atoms with E-state index in [0.717, 1.165) is 30.0 Å². The molecular formula is C15H28N2S. The Morgan fingerprint density at radius 1 is 1.06 bits per heavy atom. The molecule has 0 amide bonds. The number of rotatable bonds is 2. The van der Waals surface area contributed by atoms with Crippen molar-refractivity contribution in [3.8, 4) is 0 Å². The van der Waals surface area contributed by atoms with E-state index in [1.165, 1.54) is 44.9 Å². The summed E-state index contributed by atoms with van der Waals surface area (Å²) < 4.78 is 0. The van der Waals surface area contributed by atoms with E-state index in [1.54, 1.807) is 0 Å². The van der Waals surface area contributed by atoms with Crippen LogP contribution in [-0.4, -0.2) is 29.1 Å². The Morgan fingerprint density at radius 3 is 2.22 bits per heavy atom. The predicted molar refractivity (Wildman–Crippen MR) is 81.7 cm³/mol. The fourth-order valence-corrected chi connectivity index (χ4v) is 3.63. The molecule has 0 aromatic carbocycles. The quantitative estimate of drug-likeness (QED) is 0.771. The Bertz CT molecular complexity index is 264. The first-order valence-corrected chi connectivity index (χ1v) is 8.13. The lowest BCUT2D eigenvalue weighted by Crippen LogP contribution is -2.48. The summed E-state index contributed by atoms with van der Waals surface area (Å²) in [6.45, 7) is 7.00. The summed E-state index contributed by atoms with van der Waals surface area (Å²) in [6, 6.07) is 0.647. The van der Waals surface area contributed by atoms with Gasteiger partial charge in [0.2, 0.25) is 0 Å². The summed E-state index contributed by atoms with van der Waals surface area (Å²) in [7, 11) is 0. The van der Waals surface area contributed by atoms with Gasteiger partial charge in [-0.25, -0.2) is 0 Å². The molecule has 0 spiro atoms. The van der Waals surface area contributed by atoms with Gasteiger partial charge in [0.15, 0.2) is 5.11 Å². The Labute approximate surface area is 118 Å². The fourth-order valence-electron chi connectivity index (χ4n) is 3.28. The van der Waals surface area contributed by atoms with Crippen molar-refractivity contribution >= 4 is 17.3 Å². The van der Waals surface area contributed by atoms with Crippen LogP contribution in [0.1, 0.15) is 58.8 Å². The third kappa shape index (κ3) is 3.84. The molecule has 1 saturated heterocycles. The van der Waals surface area contributed by atoms with Gasteiger partial charge in [-0.05, 0) is 49.7 Å². The largest absolute Gasteiger partial charge is 0.360 e. The normalized spacial score (nSPS) is 23.4. The summed E-state index contributed by atoms with van der Waals surface area (Å²) in [6.07, 6.45) is 9.38. The number of likely N-dealkylation sites (tertiary alicyclic amines) is 1. The highest BCUT2D eigenvalue weighted by Gasteiger charge is 2.24. The average molecular weight is 268 g/mol. The second-order valence-corrected chi connectivity index (χ2v) is 6.74. The van der Waals surface area contributed by atoms with Crippen LogP contribution in [0.2, 0.25) is 0 Å². The Morgan fingerprint density at radius 2 is 1.67 bits per heavy atom. The molecule has 1 aliphatic heterocycles. The molecule has 2 nitrogen and oxygen atoms in total. The zero-order chi connectivity index (χ0) is 13.0. The van der Waals surface area contributed by atoms with Gasteiger partial charge in [-0.15, -0.1) is 0 Å². The van der Waals surface area contributed by atoms with E-state index in [9.17, 15) is 0 Å². The van der Waals surface area contributed by atoms with E-state index in [1.807, 2.05) is 0 Å². The van der Waals surface area contributed by atoms with E-state index in [4.69, 9.17) is 12.2 Å². The smallest absolute Gasteiger partial charge is 0.169 e.